The predicted octanol–water partition coefficient (Wildman–Crippen LogP) is 1.48. The van der Waals surface area contributed by atoms with Crippen molar-refractivity contribution < 1.29 is 9.53 Å². The molecule has 1 aliphatic rings. The van der Waals surface area contributed by atoms with Crippen LogP contribution in [-0.2, 0) is 4.79 Å². The number of benzene rings is 1. The first kappa shape index (κ1) is 16.8. The van der Waals surface area contributed by atoms with Crippen LogP contribution >= 0.6 is 12.4 Å². The van der Waals surface area contributed by atoms with Crippen LogP contribution < -0.4 is 15.8 Å². The third kappa shape index (κ3) is 5.00. The monoisotopic (exact) mass is 299 g/mol. The van der Waals surface area contributed by atoms with E-state index in [0.717, 1.165) is 30.9 Å². The number of hydrogen-bond donors (Lipinski definition) is 2. The summed E-state index contributed by atoms with van der Waals surface area (Å²) in [4.78, 5) is 13.9. The summed E-state index contributed by atoms with van der Waals surface area (Å²) in [6.45, 7) is 4.69. The summed E-state index contributed by atoms with van der Waals surface area (Å²) in [5.74, 6) is 0.810. The minimum Gasteiger partial charge on any atom is -0.494 e. The number of hydrogen-bond acceptors (Lipinski definition) is 4. The molecule has 0 unspecified atom stereocenters. The van der Waals surface area contributed by atoms with Gasteiger partial charge in [0.2, 0.25) is 5.91 Å². The van der Waals surface area contributed by atoms with Gasteiger partial charge in [-0.1, -0.05) is 0 Å². The van der Waals surface area contributed by atoms with E-state index < -0.39 is 0 Å². The zero-order valence-electron chi connectivity index (χ0n) is 11.7. The summed E-state index contributed by atoms with van der Waals surface area (Å²) in [5.41, 5.74) is 6.60. The number of carbonyl (C=O) groups excluding carboxylic acids is 1. The topological polar surface area (TPSA) is 67.6 Å². The molecule has 2 rings (SSSR count). The van der Waals surface area contributed by atoms with Crippen molar-refractivity contribution >= 4 is 24.0 Å². The first-order valence-corrected chi connectivity index (χ1v) is 6.68. The molecule has 1 saturated heterocycles. The van der Waals surface area contributed by atoms with E-state index in [1.165, 1.54) is 0 Å². The van der Waals surface area contributed by atoms with E-state index in [9.17, 15) is 4.79 Å². The summed E-state index contributed by atoms with van der Waals surface area (Å²) in [7, 11) is 0. The highest BCUT2D eigenvalue weighted by atomic mass is 35.5. The first-order valence-electron chi connectivity index (χ1n) is 6.68. The SMILES string of the molecule is CCOc1ccc(NC(=O)CN2CC[C@H](N)C2)cc1.Cl. The van der Waals surface area contributed by atoms with Gasteiger partial charge in [-0.3, -0.25) is 9.69 Å². The van der Waals surface area contributed by atoms with E-state index in [-0.39, 0.29) is 24.4 Å². The lowest BCUT2D eigenvalue weighted by atomic mass is 10.3. The van der Waals surface area contributed by atoms with Crippen LogP contribution in [0.15, 0.2) is 24.3 Å². The van der Waals surface area contributed by atoms with Crippen molar-refractivity contribution in [3.05, 3.63) is 24.3 Å². The van der Waals surface area contributed by atoms with Crippen molar-refractivity contribution in [2.75, 3.05) is 31.6 Å². The molecule has 1 heterocycles. The molecular formula is C14H22ClN3O2. The number of halogens is 1. The smallest absolute Gasteiger partial charge is 0.238 e. The van der Waals surface area contributed by atoms with Crippen molar-refractivity contribution in [2.45, 2.75) is 19.4 Å². The van der Waals surface area contributed by atoms with Gasteiger partial charge in [0.15, 0.2) is 0 Å². The molecule has 112 valence electrons. The summed E-state index contributed by atoms with van der Waals surface area (Å²) >= 11 is 0. The van der Waals surface area contributed by atoms with Crippen LogP contribution in [0, 0.1) is 0 Å². The second kappa shape index (κ2) is 8.09. The van der Waals surface area contributed by atoms with Gasteiger partial charge in [-0.15, -0.1) is 12.4 Å². The minimum absolute atomic E-state index is 0. The van der Waals surface area contributed by atoms with Crippen molar-refractivity contribution in [3.63, 3.8) is 0 Å². The van der Waals surface area contributed by atoms with Gasteiger partial charge in [0.05, 0.1) is 13.2 Å². The fourth-order valence-corrected chi connectivity index (χ4v) is 2.21. The van der Waals surface area contributed by atoms with Gasteiger partial charge in [-0.25, -0.2) is 0 Å². The molecule has 20 heavy (non-hydrogen) atoms. The number of nitrogens with zero attached hydrogens (tertiary/aromatic N) is 1. The summed E-state index contributed by atoms with van der Waals surface area (Å²) in [5, 5.41) is 2.88. The van der Waals surface area contributed by atoms with Crippen molar-refractivity contribution in [3.8, 4) is 5.75 Å². The minimum atomic E-state index is -0.00161. The van der Waals surface area contributed by atoms with Gasteiger partial charge >= 0.3 is 0 Å². The van der Waals surface area contributed by atoms with Crippen molar-refractivity contribution in [1.82, 2.24) is 4.90 Å². The van der Waals surface area contributed by atoms with E-state index >= 15 is 0 Å². The molecule has 1 aliphatic heterocycles. The number of nitrogens with two attached hydrogens (primary N) is 1. The molecule has 0 bridgehead atoms. The predicted molar refractivity (Wildman–Crippen MR) is 82.5 cm³/mol. The molecule has 0 aliphatic carbocycles. The second-order valence-electron chi connectivity index (χ2n) is 4.79. The number of likely N-dealkylation sites (tertiary alicyclic amines) is 1. The van der Waals surface area contributed by atoms with Gasteiger partial charge in [0.1, 0.15) is 5.75 Å². The molecule has 5 nitrogen and oxygen atoms in total. The standard InChI is InChI=1S/C14H21N3O2.ClH/c1-2-19-13-5-3-12(4-6-13)16-14(18)10-17-8-7-11(15)9-17;/h3-6,11H,2,7-10,15H2,1H3,(H,16,18);1H/t11-;/m0./s1. The quantitative estimate of drug-likeness (QED) is 0.864. The van der Waals surface area contributed by atoms with Crippen LogP contribution in [-0.4, -0.2) is 43.1 Å². The molecule has 1 amide bonds. The Morgan fingerprint density at radius 3 is 2.70 bits per heavy atom. The second-order valence-corrected chi connectivity index (χ2v) is 4.79. The molecule has 0 saturated carbocycles. The fourth-order valence-electron chi connectivity index (χ4n) is 2.21. The number of amides is 1. The third-order valence-corrected chi connectivity index (χ3v) is 3.13. The highest BCUT2D eigenvalue weighted by Gasteiger charge is 2.20. The van der Waals surface area contributed by atoms with Crippen LogP contribution in [0.3, 0.4) is 0 Å². The van der Waals surface area contributed by atoms with Gasteiger partial charge < -0.3 is 15.8 Å². The molecule has 0 radical (unpaired) electrons. The van der Waals surface area contributed by atoms with Gasteiger partial charge in [-0.05, 0) is 37.6 Å². The largest absolute Gasteiger partial charge is 0.494 e. The maximum Gasteiger partial charge on any atom is 0.238 e. The van der Waals surface area contributed by atoms with Crippen LogP contribution in [0.5, 0.6) is 5.75 Å². The maximum absolute atomic E-state index is 11.9. The highest BCUT2D eigenvalue weighted by Crippen LogP contribution is 2.15. The zero-order valence-corrected chi connectivity index (χ0v) is 12.5. The molecule has 3 N–H and O–H groups in total. The fraction of sp³-hybridized carbons (Fsp3) is 0.500. The molecular weight excluding hydrogens is 278 g/mol. The summed E-state index contributed by atoms with van der Waals surface area (Å²) in [6.07, 6.45) is 0.969. The normalized spacial score (nSPS) is 18.4. The van der Waals surface area contributed by atoms with E-state index in [4.69, 9.17) is 10.5 Å². The number of ether oxygens (including phenoxy) is 1. The molecule has 1 aromatic carbocycles. The first-order chi connectivity index (χ1) is 9.17. The van der Waals surface area contributed by atoms with Gasteiger partial charge in [-0.2, -0.15) is 0 Å². The van der Waals surface area contributed by atoms with Crippen molar-refractivity contribution in [1.29, 1.82) is 0 Å². The van der Waals surface area contributed by atoms with E-state index in [1.807, 2.05) is 31.2 Å². The summed E-state index contributed by atoms with van der Waals surface area (Å²) < 4.78 is 5.35. The van der Waals surface area contributed by atoms with Crippen LogP contribution in [0.25, 0.3) is 0 Å². The highest BCUT2D eigenvalue weighted by molar-refractivity contribution is 5.92. The Hall–Kier alpha value is -1.30. The third-order valence-electron chi connectivity index (χ3n) is 3.13. The number of nitrogens with one attached hydrogen (secondary N) is 1. The molecule has 6 heteroatoms. The van der Waals surface area contributed by atoms with Gasteiger partial charge in [0.25, 0.3) is 0 Å². The van der Waals surface area contributed by atoms with E-state index in [0.29, 0.717) is 13.2 Å². The number of anilines is 1. The van der Waals surface area contributed by atoms with Crippen LogP contribution in [0.1, 0.15) is 13.3 Å². The Balaban J connectivity index is 0.00000200. The lowest BCUT2D eigenvalue weighted by Crippen LogP contribution is -2.33. The van der Waals surface area contributed by atoms with Crippen LogP contribution in [0.4, 0.5) is 5.69 Å². The molecule has 0 aromatic heterocycles. The Morgan fingerprint density at radius 2 is 2.15 bits per heavy atom. The average Bonchev–Trinajstić information content (AvgIpc) is 2.77. The lowest BCUT2D eigenvalue weighted by molar-refractivity contribution is -0.117. The van der Waals surface area contributed by atoms with Gasteiger partial charge in [0, 0.05) is 24.8 Å². The Labute approximate surface area is 125 Å². The van der Waals surface area contributed by atoms with E-state index in [2.05, 4.69) is 10.2 Å². The maximum atomic E-state index is 11.9. The average molecular weight is 300 g/mol. The number of rotatable bonds is 5. The number of carbonyl (C=O) groups is 1. The molecule has 0 spiro atoms. The summed E-state index contributed by atoms with van der Waals surface area (Å²) in [6, 6.07) is 7.60. The Bertz CT molecular complexity index is 425. The zero-order chi connectivity index (χ0) is 13.7. The molecule has 1 aromatic rings. The lowest BCUT2D eigenvalue weighted by Gasteiger charge is -2.14. The molecule has 1 fully saturated rings. The Kier molecular flexibility index (Phi) is 6.78. The van der Waals surface area contributed by atoms with Crippen LogP contribution in [0.2, 0.25) is 0 Å². The van der Waals surface area contributed by atoms with Crippen molar-refractivity contribution in [2.24, 2.45) is 5.73 Å². The van der Waals surface area contributed by atoms with E-state index in [1.54, 1.807) is 0 Å². The Morgan fingerprint density at radius 1 is 1.45 bits per heavy atom. The molecule has 1 atom stereocenters.